The molecule has 0 amide bonds. The summed E-state index contributed by atoms with van der Waals surface area (Å²) in [7, 11) is 1.36. The molecule has 1 aliphatic carbocycles. The van der Waals surface area contributed by atoms with Gasteiger partial charge in [0.15, 0.2) is 0 Å². The first kappa shape index (κ1) is 8.24. The molecule has 0 aromatic rings. The van der Waals surface area contributed by atoms with Crippen LogP contribution in [0.5, 0.6) is 0 Å². The van der Waals surface area contributed by atoms with Crippen molar-refractivity contribution in [3.05, 3.63) is 0 Å². The van der Waals surface area contributed by atoms with Gasteiger partial charge in [0.1, 0.15) is 5.78 Å². The fraction of sp³-hybridized carbons (Fsp3) is 0.750. The van der Waals surface area contributed by atoms with Crippen LogP contribution in [0.2, 0.25) is 0 Å². The molecule has 0 N–H and O–H groups in total. The summed E-state index contributed by atoms with van der Waals surface area (Å²) < 4.78 is 4.54. The molecule has 0 heterocycles. The maximum Gasteiger partial charge on any atom is 0.309 e. The molecule has 1 saturated carbocycles. The Morgan fingerprint density at radius 1 is 1.27 bits per heavy atom. The van der Waals surface area contributed by atoms with Gasteiger partial charge in [-0.1, -0.05) is 0 Å². The Hall–Kier alpha value is -0.860. The minimum atomic E-state index is -0.239. The molecule has 0 saturated heterocycles. The number of carbonyl (C=O) groups excluding carboxylic acids is 2. The number of ether oxygens (including phenoxy) is 1. The van der Waals surface area contributed by atoms with Gasteiger partial charge in [-0.25, -0.2) is 0 Å². The molecular weight excluding hydrogens is 144 g/mol. The van der Waals surface area contributed by atoms with Gasteiger partial charge >= 0.3 is 5.97 Å². The Bertz CT molecular complexity index is 186. The Morgan fingerprint density at radius 2 is 1.82 bits per heavy atom. The third-order valence-electron chi connectivity index (χ3n) is 2.30. The molecule has 0 radical (unpaired) electrons. The van der Waals surface area contributed by atoms with E-state index in [1.165, 1.54) is 14.0 Å². The number of esters is 1. The molecule has 0 aromatic carbocycles. The van der Waals surface area contributed by atoms with Crippen LogP contribution in [0.4, 0.5) is 0 Å². The van der Waals surface area contributed by atoms with Crippen molar-refractivity contribution in [2.75, 3.05) is 7.11 Å². The van der Waals surface area contributed by atoms with Crippen LogP contribution in [0.1, 0.15) is 19.8 Å². The molecule has 3 heteroatoms. The largest absolute Gasteiger partial charge is 0.469 e. The second kappa shape index (κ2) is 3.03. The van der Waals surface area contributed by atoms with E-state index in [0.29, 0.717) is 0 Å². The van der Waals surface area contributed by atoms with Crippen molar-refractivity contribution >= 4 is 11.8 Å². The monoisotopic (exact) mass is 156 g/mol. The van der Waals surface area contributed by atoms with Crippen molar-refractivity contribution in [1.29, 1.82) is 0 Å². The van der Waals surface area contributed by atoms with Gasteiger partial charge in [-0.2, -0.15) is 0 Å². The second-order valence-corrected chi connectivity index (χ2v) is 2.92. The third-order valence-corrected chi connectivity index (χ3v) is 2.30. The summed E-state index contributed by atoms with van der Waals surface area (Å²) in [5.74, 6) is -0.358. The molecule has 2 atom stereocenters. The Balaban J connectivity index is 2.49. The van der Waals surface area contributed by atoms with E-state index in [-0.39, 0.29) is 23.6 Å². The van der Waals surface area contributed by atoms with Gasteiger partial charge in [0.05, 0.1) is 13.0 Å². The van der Waals surface area contributed by atoms with E-state index in [4.69, 9.17) is 0 Å². The van der Waals surface area contributed by atoms with E-state index in [1.54, 1.807) is 0 Å². The zero-order valence-electron chi connectivity index (χ0n) is 6.79. The minimum Gasteiger partial charge on any atom is -0.469 e. The number of ketones is 1. The lowest BCUT2D eigenvalue weighted by Gasteiger charge is -2.31. The number of hydrogen-bond donors (Lipinski definition) is 0. The number of rotatable bonds is 2. The summed E-state index contributed by atoms with van der Waals surface area (Å²) >= 11 is 0. The molecule has 3 nitrogen and oxygen atoms in total. The maximum atomic E-state index is 10.9. The highest BCUT2D eigenvalue weighted by Gasteiger charge is 2.39. The van der Waals surface area contributed by atoms with Crippen LogP contribution in [0.15, 0.2) is 0 Å². The summed E-state index contributed by atoms with van der Waals surface area (Å²) in [4.78, 5) is 21.8. The number of hydrogen-bond acceptors (Lipinski definition) is 3. The lowest BCUT2D eigenvalue weighted by molar-refractivity contribution is -0.154. The van der Waals surface area contributed by atoms with Crippen LogP contribution in [-0.2, 0) is 14.3 Å². The molecule has 11 heavy (non-hydrogen) atoms. The maximum absolute atomic E-state index is 10.9. The fourth-order valence-corrected chi connectivity index (χ4v) is 1.42. The quantitative estimate of drug-likeness (QED) is 0.555. The molecule has 0 aromatic heterocycles. The second-order valence-electron chi connectivity index (χ2n) is 2.92. The predicted molar refractivity (Wildman–Crippen MR) is 38.9 cm³/mol. The molecule has 1 rings (SSSR count). The van der Waals surface area contributed by atoms with Crippen molar-refractivity contribution in [1.82, 2.24) is 0 Å². The van der Waals surface area contributed by atoms with Crippen LogP contribution >= 0.6 is 0 Å². The predicted octanol–water partition coefficient (Wildman–Crippen LogP) is 0.775. The van der Waals surface area contributed by atoms with Gasteiger partial charge < -0.3 is 4.74 Å². The van der Waals surface area contributed by atoms with Crippen LogP contribution < -0.4 is 0 Å². The van der Waals surface area contributed by atoms with Gasteiger partial charge in [0.25, 0.3) is 0 Å². The molecule has 0 spiro atoms. The average Bonchev–Trinajstić information content (AvgIpc) is 1.83. The number of carbonyl (C=O) groups is 2. The summed E-state index contributed by atoms with van der Waals surface area (Å²) in [5.41, 5.74) is 0. The van der Waals surface area contributed by atoms with Gasteiger partial charge in [0, 0.05) is 5.92 Å². The molecule has 0 bridgehead atoms. The van der Waals surface area contributed by atoms with E-state index in [1.807, 2.05) is 0 Å². The zero-order valence-corrected chi connectivity index (χ0v) is 6.79. The highest BCUT2D eigenvalue weighted by atomic mass is 16.5. The van der Waals surface area contributed by atoms with Crippen molar-refractivity contribution in [2.45, 2.75) is 19.8 Å². The molecule has 1 fully saturated rings. The van der Waals surface area contributed by atoms with E-state index < -0.39 is 0 Å². The lowest BCUT2D eigenvalue weighted by Crippen LogP contribution is -2.37. The fourth-order valence-electron chi connectivity index (χ4n) is 1.42. The highest BCUT2D eigenvalue weighted by Crippen LogP contribution is 2.35. The molecule has 0 aliphatic heterocycles. The summed E-state index contributed by atoms with van der Waals surface area (Å²) in [6.45, 7) is 1.53. The topological polar surface area (TPSA) is 43.4 Å². The summed E-state index contributed by atoms with van der Waals surface area (Å²) in [5, 5.41) is 0. The smallest absolute Gasteiger partial charge is 0.309 e. The first-order valence-electron chi connectivity index (χ1n) is 3.75. The number of methoxy groups -OCH3 is 1. The Labute approximate surface area is 65.7 Å². The van der Waals surface area contributed by atoms with E-state index in [9.17, 15) is 9.59 Å². The molecule has 62 valence electrons. The Morgan fingerprint density at radius 3 is 2.09 bits per heavy atom. The molecular formula is C8H12O3. The van der Waals surface area contributed by atoms with Gasteiger partial charge in [-0.05, 0) is 19.8 Å². The first-order valence-corrected chi connectivity index (χ1v) is 3.75. The van der Waals surface area contributed by atoms with Crippen molar-refractivity contribution in [2.24, 2.45) is 11.8 Å². The van der Waals surface area contributed by atoms with E-state index in [0.717, 1.165) is 12.8 Å². The standard InChI is InChI=1S/C8H12O3/c1-5(9)6-3-4-7(6)8(10)11-2/h6-7H,3-4H2,1-2H3/t6-,7+/m0/s1. The van der Waals surface area contributed by atoms with Gasteiger partial charge in [-0.3, -0.25) is 9.59 Å². The van der Waals surface area contributed by atoms with E-state index >= 15 is 0 Å². The summed E-state index contributed by atoms with van der Waals surface area (Å²) in [6, 6.07) is 0. The van der Waals surface area contributed by atoms with Crippen LogP contribution in [0.3, 0.4) is 0 Å². The summed E-state index contributed by atoms with van der Waals surface area (Å²) in [6.07, 6.45) is 1.64. The lowest BCUT2D eigenvalue weighted by atomic mass is 9.72. The van der Waals surface area contributed by atoms with Gasteiger partial charge in [-0.15, -0.1) is 0 Å². The van der Waals surface area contributed by atoms with Gasteiger partial charge in [0.2, 0.25) is 0 Å². The first-order chi connectivity index (χ1) is 5.16. The van der Waals surface area contributed by atoms with Crippen molar-refractivity contribution < 1.29 is 14.3 Å². The van der Waals surface area contributed by atoms with Crippen LogP contribution in [-0.4, -0.2) is 18.9 Å². The van der Waals surface area contributed by atoms with Crippen LogP contribution in [0.25, 0.3) is 0 Å². The third kappa shape index (κ3) is 1.42. The SMILES string of the molecule is COC(=O)[C@@H]1CC[C@H]1C(C)=O. The molecule has 1 aliphatic rings. The average molecular weight is 156 g/mol. The highest BCUT2D eigenvalue weighted by molar-refractivity contribution is 5.86. The van der Waals surface area contributed by atoms with Crippen molar-refractivity contribution in [3.63, 3.8) is 0 Å². The zero-order chi connectivity index (χ0) is 8.43. The van der Waals surface area contributed by atoms with Crippen LogP contribution in [0, 0.1) is 11.8 Å². The van der Waals surface area contributed by atoms with E-state index in [2.05, 4.69) is 4.74 Å². The minimum absolute atomic E-state index is 0.0672. The normalized spacial score (nSPS) is 28.9. The Kier molecular flexibility index (Phi) is 2.27. The van der Waals surface area contributed by atoms with Crippen molar-refractivity contribution in [3.8, 4) is 0 Å². The molecule has 0 unspecified atom stereocenters. The number of Topliss-reactive ketones (excluding diaryl/α,β-unsaturated/α-hetero) is 1.